The minimum atomic E-state index is -0.604. The third kappa shape index (κ3) is 1.48. The number of rotatable bonds is 1. The lowest BCUT2D eigenvalue weighted by molar-refractivity contribution is -0.140. The van der Waals surface area contributed by atoms with E-state index in [1.54, 1.807) is 13.0 Å². The fraction of sp³-hybridized carbons (Fsp3) is 0.500. The van der Waals surface area contributed by atoms with Gasteiger partial charge in [0.15, 0.2) is 11.9 Å². The van der Waals surface area contributed by atoms with Gasteiger partial charge in [-0.15, -0.1) is 0 Å². The monoisotopic (exact) mass is 154 g/mol. The van der Waals surface area contributed by atoms with Gasteiger partial charge < -0.3 is 4.74 Å². The van der Waals surface area contributed by atoms with Crippen LogP contribution in [0.1, 0.15) is 20.3 Å². The molecule has 1 heterocycles. The van der Waals surface area contributed by atoms with Crippen molar-refractivity contribution in [1.82, 2.24) is 0 Å². The number of carbonyl (C=O) groups excluding carboxylic acids is 2. The van der Waals surface area contributed by atoms with Crippen LogP contribution in [0.3, 0.4) is 0 Å². The lowest BCUT2D eigenvalue weighted by Crippen LogP contribution is -2.16. The Labute approximate surface area is 65.0 Å². The molecular formula is C8H10O3. The summed E-state index contributed by atoms with van der Waals surface area (Å²) in [7, 11) is 0. The highest BCUT2D eigenvalue weighted by molar-refractivity contribution is 6.04. The van der Waals surface area contributed by atoms with Crippen LogP contribution in [0.25, 0.3) is 0 Å². The maximum absolute atomic E-state index is 11.0. The quantitative estimate of drug-likeness (QED) is 0.319. The molecule has 0 bridgehead atoms. The van der Waals surface area contributed by atoms with Gasteiger partial charge in [-0.1, -0.05) is 6.08 Å². The van der Waals surface area contributed by atoms with Crippen molar-refractivity contribution in [3.8, 4) is 0 Å². The summed E-state index contributed by atoms with van der Waals surface area (Å²) in [6.45, 7) is 3.59. The largest absolute Gasteiger partial charge is 0.449 e. The van der Waals surface area contributed by atoms with Gasteiger partial charge in [0.05, 0.1) is 0 Å². The van der Waals surface area contributed by atoms with E-state index in [0.717, 1.165) is 5.57 Å². The molecule has 0 aromatic carbocycles. The summed E-state index contributed by atoms with van der Waals surface area (Å²) in [5.74, 6) is -0.549. The van der Waals surface area contributed by atoms with Gasteiger partial charge in [0, 0.05) is 0 Å². The topological polar surface area (TPSA) is 43.4 Å². The van der Waals surface area contributed by atoms with Crippen molar-refractivity contribution in [2.75, 3.05) is 0 Å². The van der Waals surface area contributed by atoms with Crippen LogP contribution in [0.15, 0.2) is 11.6 Å². The number of cyclic esters (lactones) is 1. The zero-order chi connectivity index (χ0) is 8.43. The minimum Gasteiger partial charge on any atom is -0.449 e. The molecule has 1 atom stereocenters. The fourth-order valence-electron chi connectivity index (χ4n) is 0.972. The van der Waals surface area contributed by atoms with Crippen LogP contribution in [0.5, 0.6) is 0 Å². The van der Waals surface area contributed by atoms with Crippen LogP contribution in [0.2, 0.25) is 0 Å². The zero-order valence-electron chi connectivity index (χ0n) is 6.59. The lowest BCUT2D eigenvalue weighted by atomic mass is 10.1. The number of ether oxygens (including phenoxy) is 1. The average Bonchev–Trinajstić information content (AvgIpc) is 2.28. The van der Waals surface area contributed by atoms with Gasteiger partial charge >= 0.3 is 5.97 Å². The number of carbonyl (C=O) groups is 2. The number of esters is 1. The molecule has 0 amide bonds. The summed E-state index contributed by atoms with van der Waals surface area (Å²) < 4.78 is 4.77. The van der Waals surface area contributed by atoms with Crippen LogP contribution in [0, 0.1) is 0 Å². The van der Waals surface area contributed by atoms with Crippen LogP contribution in [-0.4, -0.2) is 17.9 Å². The highest BCUT2D eigenvalue weighted by Gasteiger charge is 2.33. The van der Waals surface area contributed by atoms with Gasteiger partial charge in [-0.05, 0) is 19.4 Å². The molecule has 3 heteroatoms. The summed E-state index contributed by atoms with van der Waals surface area (Å²) in [6.07, 6.45) is 1.10. The summed E-state index contributed by atoms with van der Waals surface area (Å²) in [5.41, 5.74) is 0.806. The summed E-state index contributed by atoms with van der Waals surface area (Å²) in [4.78, 5) is 21.6. The molecule has 0 N–H and O–H groups in total. The zero-order valence-corrected chi connectivity index (χ0v) is 6.59. The van der Waals surface area contributed by atoms with Gasteiger partial charge in [-0.2, -0.15) is 0 Å². The third-order valence-electron chi connectivity index (χ3n) is 1.73. The molecule has 0 aromatic heterocycles. The number of hydrogen-bond acceptors (Lipinski definition) is 3. The number of ketones is 1. The second-order valence-electron chi connectivity index (χ2n) is 2.55. The Balaban J connectivity index is 2.75. The molecule has 60 valence electrons. The molecule has 0 aromatic rings. The van der Waals surface area contributed by atoms with E-state index in [1.165, 1.54) is 0 Å². The number of hydrogen-bond donors (Lipinski definition) is 0. The fourth-order valence-corrected chi connectivity index (χ4v) is 0.972. The highest BCUT2D eigenvalue weighted by atomic mass is 16.6. The highest BCUT2D eigenvalue weighted by Crippen LogP contribution is 2.16. The van der Waals surface area contributed by atoms with Gasteiger partial charge in [0.1, 0.15) is 6.42 Å². The van der Waals surface area contributed by atoms with E-state index in [-0.39, 0.29) is 12.2 Å². The smallest absolute Gasteiger partial charge is 0.314 e. The maximum atomic E-state index is 11.0. The van der Waals surface area contributed by atoms with E-state index >= 15 is 0 Å². The van der Waals surface area contributed by atoms with E-state index in [4.69, 9.17) is 4.74 Å². The van der Waals surface area contributed by atoms with Crippen molar-refractivity contribution in [2.24, 2.45) is 0 Å². The first-order valence-electron chi connectivity index (χ1n) is 3.50. The van der Waals surface area contributed by atoms with Crippen molar-refractivity contribution in [2.45, 2.75) is 26.4 Å². The van der Waals surface area contributed by atoms with E-state index in [2.05, 4.69) is 0 Å². The molecule has 0 saturated carbocycles. The molecular weight excluding hydrogens is 144 g/mol. The molecule has 11 heavy (non-hydrogen) atoms. The van der Waals surface area contributed by atoms with Crippen molar-refractivity contribution in [3.05, 3.63) is 11.6 Å². The van der Waals surface area contributed by atoms with Crippen LogP contribution in [-0.2, 0) is 14.3 Å². The normalized spacial score (nSPS) is 25.6. The Morgan fingerprint density at radius 3 is 2.64 bits per heavy atom. The molecule has 0 unspecified atom stereocenters. The Morgan fingerprint density at radius 2 is 2.27 bits per heavy atom. The van der Waals surface area contributed by atoms with Gasteiger partial charge in [0.25, 0.3) is 0 Å². The second kappa shape index (κ2) is 2.86. The molecule has 1 fully saturated rings. The molecule has 0 aliphatic carbocycles. The summed E-state index contributed by atoms with van der Waals surface area (Å²) in [5, 5.41) is 0. The molecule has 3 nitrogen and oxygen atoms in total. The molecule has 1 rings (SSSR count). The SMILES string of the molecule is C/C=C(/C)[C@H]1OC(=O)CC1=O. The summed E-state index contributed by atoms with van der Waals surface area (Å²) in [6, 6.07) is 0. The summed E-state index contributed by atoms with van der Waals surface area (Å²) >= 11 is 0. The number of Topliss-reactive ketones (excluding diaryl/α,β-unsaturated/α-hetero) is 1. The van der Waals surface area contributed by atoms with Crippen molar-refractivity contribution in [3.63, 3.8) is 0 Å². The standard InChI is InChI=1S/C8H10O3/c1-3-5(2)8-6(9)4-7(10)11-8/h3,8H,4H2,1-2H3/b5-3-/t8-/m1/s1. The Kier molecular flexibility index (Phi) is 2.08. The predicted molar refractivity (Wildman–Crippen MR) is 38.9 cm³/mol. The first-order chi connectivity index (χ1) is 5.15. The molecule has 0 radical (unpaired) electrons. The average molecular weight is 154 g/mol. The van der Waals surface area contributed by atoms with E-state index in [9.17, 15) is 9.59 Å². The van der Waals surface area contributed by atoms with E-state index in [0.29, 0.717) is 0 Å². The van der Waals surface area contributed by atoms with Gasteiger partial charge in [0.2, 0.25) is 0 Å². The molecule has 1 aliphatic rings. The molecule has 1 saturated heterocycles. The first kappa shape index (κ1) is 7.98. The van der Waals surface area contributed by atoms with Crippen molar-refractivity contribution >= 4 is 11.8 Å². The first-order valence-corrected chi connectivity index (χ1v) is 3.50. The number of allylic oxidation sites excluding steroid dienone is 1. The molecule has 0 spiro atoms. The molecule has 1 aliphatic heterocycles. The van der Waals surface area contributed by atoms with Crippen LogP contribution < -0.4 is 0 Å². The van der Waals surface area contributed by atoms with Crippen LogP contribution >= 0.6 is 0 Å². The Bertz CT molecular complexity index is 227. The lowest BCUT2D eigenvalue weighted by Gasteiger charge is -2.06. The van der Waals surface area contributed by atoms with E-state index in [1.807, 2.05) is 6.92 Å². The van der Waals surface area contributed by atoms with E-state index < -0.39 is 12.1 Å². The van der Waals surface area contributed by atoms with Crippen molar-refractivity contribution in [1.29, 1.82) is 0 Å². The Morgan fingerprint density at radius 1 is 1.64 bits per heavy atom. The Hall–Kier alpha value is -1.12. The minimum absolute atomic E-state index is 0.0736. The van der Waals surface area contributed by atoms with Gasteiger partial charge in [-0.3, -0.25) is 9.59 Å². The maximum Gasteiger partial charge on any atom is 0.314 e. The van der Waals surface area contributed by atoms with Crippen molar-refractivity contribution < 1.29 is 14.3 Å². The second-order valence-corrected chi connectivity index (χ2v) is 2.55. The third-order valence-corrected chi connectivity index (χ3v) is 1.73. The van der Waals surface area contributed by atoms with Gasteiger partial charge in [-0.25, -0.2) is 0 Å². The predicted octanol–water partition coefficient (Wildman–Crippen LogP) is 0.837. The van der Waals surface area contributed by atoms with Crippen LogP contribution in [0.4, 0.5) is 0 Å².